The van der Waals surface area contributed by atoms with Crippen LogP contribution in [0.4, 0.5) is 4.39 Å². The Hall–Kier alpha value is -1.62. The maximum Gasteiger partial charge on any atom is 0.255 e. The van der Waals surface area contributed by atoms with Crippen molar-refractivity contribution in [3.8, 4) is 0 Å². The molecule has 0 aliphatic heterocycles. The van der Waals surface area contributed by atoms with Gasteiger partial charge in [-0.1, -0.05) is 17.7 Å². The normalized spacial score (nSPS) is 13.9. The number of halogens is 2. The standard InChI is InChI=1S/C14H16ClFN2O2/c1-9(19)18(10-5-6-10)8-7-17-14(20)13-11(15)3-2-4-12(13)16/h2-4,10H,5-8H2,1H3,(H,17,20). The lowest BCUT2D eigenvalue weighted by Crippen LogP contribution is -2.39. The number of hydrogen-bond acceptors (Lipinski definition) is 2. The molecule has 0 unspecified atom stereocenters. The maximum absolute atomic E-state index is 13.5. The van der Waals surface area contributed by atoms with E-state index in [1.54, 1.807) is 4.90 Å². The van der Waals surface area contributed by atoms with E-state index in [0.29, 0.717) is 12.6 Å². The Bertz CT molecular complexity index is 512. The minimum Gasteiger partial charge on any atom is -0.350 e. The number of rotatable bonds is 5. The van der Waals surface area contributed by atoms with Crippen LogP contribution in [0.5, 0.6) is 0 Å². The first-order valence-corrected chi connectivity index (χ1v) is 6.88. The smallest absolute Gasteiger partial charge is 0.255 e. The molecule has 0 bridgehead atoms. The van der Waals surface area contributed by atoms with E-state index in [-0.39, 0.29) is 23.0 Å². The summed E-state index contributed by atoms with van der Waals surface area (Å²) in [6.07, 6.45) is 2.01. The van der Waals surface area contributed by atoms with Gasteiger partial charge in [0, 0.05) is 26.1 Å². The zero-order valence-corrected chi connectivity index (χ0v) is 11.9. The van der Waals surface area contributed by atoms with Crippen LogP contribution in [-0.4, -0.2) is 35.8 Å². The van der Waals surface area contributed by atoms with Crippen LogP contribution in [-0.2, 0) is 4.79 Å². The van der Waals surface area contributed by atoms with E-state index >= 15 is 0 Å². The fourth-order valence-electron chi connectivity index (χ4n) is 2.08. The molecule has 1 saturated carbocycles. The lowest BCUT2D eigenvalue weighted by Gasteiger charge is -2.20. The van der Waals surface area contributed by atoms with Crippen molar-refractivity contribution in [2.75, 3.05) is 13.1 Å². The third-order valence-corrected chi connectivity index (χ3v) is 3.54. The van der Waals surface area contributed by atoms with Gasteiger partial charge < -0.3 is 10.2 Å². The number of hydrogen-bond donors (Lipinski definition) is 1. The maximum atomic E-state index is 13.5. The number of carbonyl (C=O) groups is 2. The Morgan fingerprint density at radius 3 is 2.70 bits per heavy atom. The SMILES string of the molecule is CC(=O)N(CCNC(=O)c1c(F)cccc1Cl)C1CC1. The molecule has 0 spiro atoms. The topological polar surface area (TPSA) is 49.4 Å². The molecule has 6 heteroatoms. The second kappa shape index (κ2) is 6.22. The van der Waals surface area contributed by atoms with Crippen molar-refractivity contribution < 1.29 is 14.0 Å². The first-order chi connectivity index (χ1) is 9.50. The predicted octanol–water partition coefficient (Wildman–Crippen LogP) is 2.22. The molecule has 4 nitrogen and oxygen atoms in total. The summed E-state index contributed by atoms with van der Waals surface area (Å²) in [6.45, 7) is 2.21. The summed E-state index contributed by atoms with van der Waals surface area (Å²) in [6, 6.07) is 4.39. The highest BCUT2D eigenvalue weighted by molar-refractivity contribution is 6.33. The van der Waals surface area contributed by atoms with Gasteiger partial charge in [-0.05, 0) is 25.0 Å². The molecule has 108 valence electrons. The van der Waals surface area contributed by atoms with Gasteiger partial charge in [-0.3, -0.25) is 9.59 Å². The van der Waals surface area contributed by atoms with Crippen LogP contribution >= 0.6 is 11.6 Å². The molecule has 1 fully saturated rings. The van der Waals surface area contributed by atoms with Crippen LogP contribution in [0.2, 0.25) is 5.02 Å². The van der Waals surface area contributed by atoms with Gasteiger partial charge in [0.2, 0.25) is 5.91 Å². The highest BCUT2D eigenvalue weighted by Crippen LogP contribution is 2.26. The van der Waals surface area contributed by atoms with Crippen molar-refractivity contribution >= 4 is 23.4 Å². The lowest BCUT2D eigenvalue weighted by molar-refractivity contribution is -0.129. The number of carbonyl (C=O) groups excluding carboxylic acids is 2. The molecule has 1 aromatic carbocycles. The van der Waals surface area contributed by atoms with Gasteiger partial charge in [-0.15, -0.1) is 0 Å². The van der Waals surface area contributed by atoms with Crippen molar-refractivity contribution in [3.05, 3.63) is 34.6 Å². The Kier molecular flexibility index (Phi) is 4.60. The van der Waals surface area contributed by atoms with Crippen molar-refractivity contribution in [3.63, 3.8) is 0 Å². The van der Waals surface area contributed by atoms with Crippen molar-refractivity contribution in [1.29, 1.82) is 0 Å². The molecule has 2 rings (SSSR count). The van der Waals surface area contributed by atoms with E-state index in [1.165, 1.54) is 25.1 Å². The van der Waals surface area contributed by atoms with Gasteiger partial charge in [-0.2, -0.15) is 0 Å². The van der Waals surface area contributed by atoms with Crippen molar-refractivity contribution in [1.82, 2.24) is 10.2 Å². The monoisotopic (exact) mass is 298 g/mol. The van der Waals surface area contributed by atoms with E-state index in [9.17, 15) is 14.0 Å². The second-order valence-electron chi connectivity index (χ2n) is 4.80. The Labute approximate surface area is 121 Å². The van der Waals surface area contributed by atoms with Crippen LogP contribution in [0.3, 0.4) is 0 Å². The molecule has 20 heavy (non-hydrogen) atoms. The summed E-state index contributed by atoms with van der Waals surface area (Å²) in [5.41, 5.74) is -0.157. The molecule has 0 saturated heterocycles. The Morgan fingerprint density at radius 1 is 1.45 bits per heavy atom. The van der Waals surface area contributed by atoms with Crippen LogP contribution in [0.25, 0.3) is 0 Å². The van der Waals surface area contributed by atoms with Crippen LogP contribution < -0.4 is 5.32 Å². The summed E-state index contributed by atoms with van der Waals surface area (Å²) in [5.74, 6) is -1.22. The lowest BCUT2D eigenvalue weighted by atomic mass is 10.2. The Balaban J connectivity index is 1.90. The number of nitrogens with one attached hydrogen (secondary N) is 1. The van der Waals surface area contributed by atoms with Gasteiger partial charge in [0.25, 0.3) is 5.91 Å². The van der Waals surface area contributed by atoms with E-state index in [2.05, 4.69) is 5.32 Å². The quantitative estimate of drug-likeness (QED) is 0.906. The van der Waals surface area contributed by atoms with E-state index in [1.807, 2.05) is 0 Å². The average Bonchev–Trinajstić information content (AvgIpc) is 3.18. The molecule has 1 aliphatic rings. The summed E-state index contributed by atoms with van der Waals surface area (Å²) in [5, 5.41) is 2.67. The fourth-order valence-corrected chi connectivity index (χ4v) is 2.33. The number of nitrogens with zero attached hydrogens (tertiary/aromatic N) is 1. The van der Waals surface area contributed by atoms with Gasteiger partial charge >= 0.3 is 0 Å². The van der Waals surface area contributed by atoms with Gasteiger partial charge in [0.1, 0.15) is 5.82 Å². The number of benzene rings is 1. The fraction of sp³-hybridized carbons (Fsp3) is 0.429. The number of amides is 2. The summed E-state index contributed by atoms with van der Waals surface area (Å²) in [4.78, 5) is 25.0. The summed E-state index contributed by atoms with van der Waals surface area (Å²) >= 11 is 5.81. The third-order valence-electron chi connectivity index (χ3n) is 3.22. The molecule has 1 N–H and O–H groups in total. The molecular weight excluding hydrogens is 283 g/mol. The summed E-state index contributed by atoms with van der Waals surface area (Å²) < 4.78 is 13.5. The van der Waals surface area contributed by atoms with Gasteiger partial charge in [0.15, 0.2) is 0 Å². The highest BCUT2D eigenvalue weighted by Gasteiger charge is 2.30. The molecule has 1 aromatic rings. The zero-order chi connectivity index (χ0) is 14.7. The van der Waals surface area contributed by atoms with E-state index < -0.39 is 11.7 Å². The van der Waals surface area contributed by atoms with Crippen LogP contribution in [0.15, 0.2) is 18.2 Å². The second-order valence-corrected chi connectivity index (χ2v) is 5.20. The molecule has 2 amide bonds. The first-order valence-electron chi connectivity index (χ1n) is 6.50. The molecule has 1 aliphatic carbocycles. The molecule has 0 atom stereocenters. The Morgan fingerprint density at radius 2 is 2.15 bits per heavy atom. The van der Waals surface area contributed by atoms with Crippen molar-refractivity contribution in [2.45, 2.75) is 25.8 Å². The summed E-state index contributed by atoms with van der Waals surface area (Å²) in [7, 11) is 0. The van der Waals surface area contributed by atoms with Crippen LogP contribution in [0.1, 0.15) is 30.1 Å². The zero-order valence-electron chi connectivity index (χ0n) is 11.2. The predicted molar refractivity (Wildman–Crippen MR) is 74.2 cm³/mol. The molecular formula is C14H16ClFN2O2. The average molecular weight is 299 g/mol. The molecule has 0 radical (unpaired) electrons. The van der Waals surface area contributed by atoms with Gasteiger partial charge in [0.05, 0.1) is 10.6 Å². The largest absolute Gasteiger partial charge is 0.350 e. The third kappa shape index (κ3) is 3.48. The highest BCUT2D eigenvalue weighted by atomic mass is 35.5. The minimum absolute atomic E-state index is 0.00864. The van der Waals surface area contributed by atoms with Crippen molar-refractivity contribution in [2.24, 2.45) is 0 Å². The van der Waals surface area contributed by atoms with E-state index in [0.717, 1.165) is 12.8 Å². The van der Waals surface area contributed by atoms with Crippen LogP contribution in [0, 0.1) is 5.82 Å². The van der Waals surface area contributed by atoms with Gasteiger partial charge in [-0.25, -0.2) is 4.39 Å². The molecule has 0 heterocycles. The van der Waals surface area contributed by atoms with E-state index in [4.69, 9.17) is 11.6 Å². The molecule has 0 aromatic heterocycles. The first kappa shape index (κ1) is 14.8. The minimum atomic E-state index is -0.652.